The van der Waals surface area contributed by atoms with Crippen molar-refractivity contribution < 1.29 is 4.79 Å². The molecule has 7 nitrogen and oxygen atoms in total. The summed E-state index contributed by atoms with van der Waals surface area (Å²) in [4.78, 5) is 21.0. The van der Waals surface area contributed by atoms with Gasteiger partial charge in [0.2, 0.25) is 0 Å². The lowest BCUT2D eigenvalue weighted by atomic mass is 10.2. The van der Waals surface area contributed by atoms with Crippen molar-refractivity contribution >= 4 is 17.2 Å². The second kappa shape index (κ2) is 5.38. The van der Waals surface area contributed by atoms with E-state index in [0.29, 0.717) is 22.8 Å². The lowest BCUT2D eigenvalue weighted by Crippen LogP contribution is -2.14. The van der Waals surface area contributed by atoms with E-state index in [1.165, 1.54) is 0 Å². The molecule has 4 aromatic heterocycles. The van der Waals surface area contributed by atoms with Crippen molar-refractivity contribution in [1.82, 2.24) is 24.6 Å². The smallest absolute Gasteiger partial charge is 0.274 e. The van der Waals surface area contributed by atoms with Crippen molar-refractivity contribution in [3.05, 3.63) is 66.9 Å². The van der Waals surface area contributed by atoms with E-state index in [-0.39, 0.29) is 5.91 Å². The van der Waals surface area contributed by atoms with E-state index < -0.39 is 0 Å². The number of carbonyl (C=O) groups is 1. The Kier molecular flexibility index (Phi) is 3.09. The molecule has 0 aliphatic rings. The molecule has 0 fully saturated rings. The molecule has 4 aromatic rings. The average Bonchev–Trinajstić information content (AvgIpc) is 3.22. The number of fused-ring (bicyclic) bond motifs is 1. The third kappa shape index (κ3) is 2.34. The van der Waals surface area contributed by atoms with E-state index in [0.717, 1.165) is 5.65 Å². The van der Waals surface area contributed by atoms with Crippen LogP contribution in [0, 0.1) is 0 Å². The Balaban J connectivity index is 1.67. The van der Waals surface area contributed by atoms with Crippen LogP contribution in [0.5, 0.6) is 0 Å². The van der Waals surface area contributed by atoms with E-state index in [9.17, 15) is 4.79 Å². The number of pyridine rings is 2. The van der Waals surface area contributed by atoms with Gasteiger partial charge in [0.15, 0.2) is 0 Å². The van der Waals surface area contributed by atoms with Crippen molar-refractivity contribution in [3.8, 4) is 11.4 Å². The van der Waals surface area contributed by atoms with Crippen LogP contribution in [0.1, 0.15) is 10.5 Å². The van der Waals surface area contributed by atoms with Crippen LogP contribution in [0.25, 0.3) is 17.0 Å². The fourth-order valence-corrected chi connectivity index (χ4v) is 2.37. The van der Waals surface area contributed by atoms with Gasteiger partial charge in [-0.05, 0) is 24.3 Å². The lowest BCUT2D eigenvalue weighted by molar-refractivity contribution is 0.102. The Morgan fingerprint density at radius 2 is 2.00 bits per heavy atom. The van der Waals surface area contributed by atoms with Gasteiger partial charge in [-0.2, -0.15) is 5.10 Å². The van der Waals surface area contributed by atoms with E-state index in [2.05, 4.69) is 25.5 Å². The zero-order valence-electron chi connectivity index (χ0n) is 12.0. The highest BCUT2D eigenvalue weighted by atomic mass is 16.2. The summed E-state index contributed by atoms with van der Waals surface area (Å²) in [5, 5.41) is 9.70. The Morgan fingerprint density at radius 3 is 2.87 bits per heavy atom. The van der Waals surface area contributed by atoms with E-state index in [1.54, 1.807) is 29.2 Å². The van der Waals surface area contributed by atoms with Gasteiger partial charge in [0.05, 0.1) is 23.8 Å². The first-order valence-electron chi connectivity index (χ1n) is 7.01. The Morgan fingerprint density at radius 1 is 1.09 bits per heavy atom. The van der Waals surface area contributed by atoms with Crippen LogP contribution in [0.2, 0.25) is 0 Å². The zero-order chi connectivity index (χ0) is 15.6. The normalized spacial score (nSPS) is 10.8. The van der Waals surface area contributed by atoms with Crippen LogP contribution in [0.15, 0.2) is 61.2 Å². The number of anilines is 1. The van der Waals surface area contributed by atoms with Gasteiger partial charge < -0.3 is 5.32 Å². The monoisotopic (exact) mass is 304 g/mol. The maximum atomic E-state index is 12.5. The van der Waals surface area contributed by atoms with Gasteiger partial charge in [-0.25, -0.2) is 4.98 Å². The maximum Gasteiger partial charge on any atom is 0.274 e. The summed E-state index contributed by atoms with van der Waals surface area (Å²) in [5.41, 5.74) is 3.11. The zero-order valence-corrected chi connectivity index (χ0v) is 12.0. The summed E-state index contributed by atoms with van der Waals surface area (Å²) in [6, 6.07) is 11.1. The molecule has 2 N–H and O–H groups in total. The third-order valence-electron chi connectivity index (χ3n) is 3.46. The SMILES string of the molecule is O=C(Nc1cn[nH]c1-c1ccccn1)c1cnc2ccccn12. The number of aromatic amines is 1. The molecule has 7 heteroatoms. The predicted molar refractivity (Wildman–Crippen MR) is 85.0 cm³/mol. The molecule has 0 unspecified atom stereocenters. The molecule has 1 amide bonds. The summed E-state index contributed by atoms with van der Waals surface area (Å²) in [5.74, 6) is -0.262. The summed E-state index contributed by atoms with van der Waals surface area (Å²) in [6.45, 7) is 0. The molecular weight excluding hydrogens is 292 g/mol. The quantitative estimate of drug-likeness (QED) is 0.608. The van der Waals surface area contributed by atoms with Crippen molar-refractivity contribution in [3.63, 3.8) is 0 Å². The number of rotatable bonds is 3. The molecule has 0 saturated carbocycles. The van der Waals surface area contributed by atoms with Gasteiger partial charge in [0, 0.05) is 12.4 Å². The molecule has 23 heavy (non-hydrogen) atoms. The van der Waals surface area contributed by atoms with Gasteiger partial charge in [0.1, 0.15) is 17.0 Å². The number of aromatic nitrogens is 5. The second-order valence-electron chi connectivity index (χ2n) is 4.90. The number of nitrogens with zero attached hydrogens (tertiary/aromatic N) is 4. The Bertz CT molecular complexity index is 972. The summed E-state index contributed by atoms with van der Waals surface area (Å²) in [6.07, 6.45) is 6.59. The fraction of sp³-hybridized carbons (Fsp3) is 0. The summed E-state index contributed by atoms with van der Waals surface area (Å²) in [7, 11) is 0. The second-order valence-corrected chi connectivity index (χ2v) is 4.90. The largest absolute Gasteiger partial charge is 0.317 e. The highest BCUT2D eigenvalue weighted by Gasteiger charge is 2.16. The van der Waals surface area contributed by atoms with Gasteiger partial charge in [-0.3, -0.25) is 19.3 Å². The maximum absolute atomic E-state index is 12.5. The number of hydrogen-bond acceptors (Lipinski definition) is 4. The molecule has 0 saturated heterocycles. The fourth-order valence-electron chi connectivity index (χ4n) is 2.37. The number of nitrogens with one attached hydrogen (secondary N) is 2. The van der Waals surface area contributed by atoms with Gasteiger partial charge in [-0.15, -0.1) is 0 Å². The predicted octanol–water partition coefficient (Wildman–Crippen LogP) is 2.37. The average molecular weight is 304 g/mol. The minimum absolute atomic E-state index is 0.262. The highest BCUT2D eigenvalue weighted by Crippen LogP contribution is 2.23. The van der Waals surface area contributed by atoms with Gasteiger partial charge >= 0.3 is 0 Å². The van der Waals surface area contributed by atoms with E-state index >= 15 is 0 Å². The number of H-pyrrole nitrogens is 1. The van der Waals surface area contributed by atoms with Crippen molar-refractivity contribution in [1.29, 1.82) is 0 Å². The number of amides is 1. The molecule has 4 rings (SSSR count). The van der Waals surface area contributed by atoms with Gasteiger partial charge in [-0.1, -0.05) is 12.1 Å². The van der Waals surface area contributed by atoms with Crippen LogP contribution < -0.4 is 5.32 Å². The molecule has 0 radical (unpaired) electrons. The number of imidazole rings is 1. The van der Waals surface area contributed by atoms with Crippen LogP contribution in [-0.2, 0) is 0 Å². The first-order chi connectivity index (χ1) is 11.3. The first-order valence-corrected chi connectivity index (χ1v) is 7.01. The molecule has 0 spiro atoms. The number of carbonyl (C=O) groups excluding carboxylic acids is 1. The molecule has 4 heterocycles. The van der Waals surface area contributed by atoms with Gasteiger partial charge in [0.25, 0.3) is 5.91 Å². The van der Waals surface area contributed by atoms with Crippen LogP contribution in [-0.4, -0.2) is 30.5 Å². The minimum atomic E-state index is -0.262. The van der Waals surface area contributed by atoms with Crippen LogP contribution in [0.4, 0.5) is 5.69 Å². The third-order valence-corrected chi connectivity index (χ3v) is 3.46. The van der Waals surface area contributed by atoms with Crippen LogP contribution >= 0.6 is 0 Å². The van der Waals surface area contributed by atoms with Crippen molar-refractivity contribution in [2.75, 3.05) is 5.32 Å². The Hall–Kier alpha value is -3.48. The standard InChI is InChI=1S/C16H12N6O/c23-16(13-10-18-14-6-2-4-8-22(13)14)20-12-9-19-21-15(12)11-5-1-3-7-17-11/h1-10H,(H,19,21)(H,20,23). The molecule has 0 aliphatic carbocycles. The number of hydrogen-bond donors (Lipinski definition) is 2. The first kappa shape index (κ1) is 13.2. The molecule has 0 atom stereocenters. The molecule has 0 aliphatic heterocycles. The highest BCUT2D eigenvalue weighted by molar-refractivity contribution is 6.05. The topological polar surface area (TPSA) is 88.0 Å². The van der Waals surface area contributed by atoms with E-state index in [4.69, 9.17) is 0 Å². The summed E-state index contributed by atoms with van der Waals surface area (Å²) < 4.78 is 1.73. The Labute approximate surface area is 131 Å². The molecule has 0 bridgehead atoms. The van der Waals surface area contributed by atoms with E-state index in [1.807, 2.05) is 36.4 Å². The van der Waals surface area contributed by atoms with Crippen LogP contribution in [0.3, 0.4) is 0 Å². The lowest BCUT2D eigenvalue weighted by Gasteiger charge is -2.05. The molecular formula is C16H12N6O. The molecule has 0 aromatic carbocycles. The molecule has 112 valence electrons. The van der Waals surface area contributed by atoms with Crippen molar-refractivity contribution in [2.24, 2.45) is 0 Å². The summed E-state index contributed by atoms with van der Waals surface area (Å²) >= 11 is 0. The minimum Gasteiger partial charge on any atom is -0.317 e. The van der Waals surface area contributed by atoms with Crippen molar-refractivity contribution in [2.45, 2.75) is 0 Å².